The van der Waals surface area contributed by atoms with Crippen molar-refractivity contribution in [2.24, 2.45) is 5.73 Å². The second-order valence-corrected chi connectivity index (χ2v) is 7.16. The van der Waals surface area contributed by atoms with Crippen LogP contribution in [0.5, 0.6) is 5.75 Å². The number of carbonyl (C=O) groups is 1. The summed E-state index contributed by atoms with van der Waals surface area (Å²) in [5, 5.41) is 0. The van der Waals surface area contributed by atoms with E-state index in [9.17, 15) is 4.79 Å². The number of amides is 1. The highest BCUT2D eigenvalue weighted by Crippen LogP contribution is 2.23. The van der Waals surface area contributed by atoms with E-state index in [2.05, 4.69) is 23.1 Å². The van der Waals surface area contributed by atoms with Gasteiger partial charge in [-0.1, -0.05) is 18.6 Å². The Balaban J connectivity index is 0.00000182. The summed E-state index contributed by atoms with van der Waals surface area (Å²) < 4.78 is 5.88. The van der Waals surface area contributed by atoms with Crippen molar-refractivity contribution in [3.05, 3.63) is 29.8 Å². The second-order valence-electron chi connectivity index (χ2n) is 7.16. The maximum atomic E-state index is 12.2. The molecule has 2 heterocycles. The van der Waals surface area contributed by atoms with Gasteiger partial charge >= 0.3 is 0 Å². The van der Waals surface area contributed by atoms with Crippen LogP contribution in [0.3, 0.4) is 0 Å². The molecule has 1 atom stereocenters. The lowest BCUT2D eigenvalue weighted by Gasteiger charge is -2.37. The van der Waals surface area contributed by atoms with Crippen molar-refractivity contribution in [1.29, 1.82) is 0 Å². The van der Waals surface area contributed by atoms with Gasteiger partial charge in [-0.25, -0.2) is 0 Å². The average Bonchev–Trinajstić information content (AvgIpc) is 2.65. The van der Waals surface area contributed by atoms with Gasteiger partial charge in [0.25, 0.3) is 0 Å². The molecule has 27 heavy (non-hydrogen) atoms. The number of rotatable bonds is 1. The average molecular weight is 418 g/mol. The number of halogens is 2. The van der Waals surface area contributed by atoms with Crippen LogP contribution in [0.25, 0.3) is 0 Å². The Labute approximate surface area is 175 Å². The summed E-state index contributed by atoms with van der Waals surface area (Å²) in [5.74, 6) is 0.981. The molecule has 3 rings (SSSR count). The van der Waals surface area contributed by atoms with Gasteiger partial charge < -0.3 is 15.4 Å². The minimum absolute atomic E-state index is 0. The van der Waals surface area contributed by atoms with Crippen LogP contribution in [0.1, 0.15) is 37.7 Å². The highest BCUT2D eigenvalue weighted by Gasteiger charge is 2.23. The van der Waals surface area contributed by atoms with E-state index in [1.165, 1.54) is 31.2 Å². The summed E-state index contributed by atoms with van der Waals surface area (Å²) in [5.41, 5.74) is 6.96. The first-order valence-electron chi connectivity index (χ1n) is 9.70. The van der Waals surface area contributed by atoms with Gasteiger partial charge in [0.05, 0.1) is 13.2 Å². The van der Waals surface area contributed by atoms with Gasteiger partial charge in [-0.05, 0) is 56.3 Å². The summed E-state index contributed by atoms with van der Waals surface area (Å²) in [7, 11) is 0. The third kappa shape index (κ3) is 7.15. The predicted molar refractivity (Wildman–Crippen MR) is 114 cm³/mol. The Hall–Kier alpha value is -1.01. The molecule has 0 saturated carbocycles. The molecule has 1 saturated heterocycles. The van der Waals surface area contributed by atoms with Crippen molar-refractivity contribution in [3.8, 4) is 5.75 Å². The van der Waals surface area contributed by atoms with Crippen molar-refractivity contribution in [2.75, 3.05) is 39.3 Å². The molecule has 1 aromatic rings. The standard InChI is InChI=1S/C20H31N3O2.2ClH/c21-16-20(24)23-11-4-14-25-19-7-3-5-17(15-19)8-9-18-6-1-2-10-22(18)12-13-23;;/h3,5,7,15,18H,1-2,4,6,8-14,16,21H2;2*1H. The van der Waals surface area contributed by atoms with E-state index >= 15 is 0 Å². The van der Waals surface area contributed by atoms with Gasteiger partial charge in [0.1, 0.15) is 5.75 Å². The van der Waals surface area contributed by atoms with Crippen LogP contribution in [0.15, 0.2) is 24.3 Å². The molecule has 5 nitrogen and oxygen atoms in total. The number of aryl methyl sites for hydroxylation is 1. The van der Waals surface area contributed by atoms with Crippen molar-refractivity contribution in [1.82, 2.24) is 9.80 Å². The molecule has 0 radical (unpaired) electrons. The van der Waals surface area contributed by atoms with Crippen molar-refractivity contribution < 1.29 is 9.53 Å². The van der Waals surface area contributed by atoms with Crippen molar-refractivity contribution >= 4 is 30.7 Å². The van der Waals surface area contributed by atoms with Crippen LogP contribution in [0.2, 0.25) is 0 Å². The Morgan fingerprint density at radius 3 is 2.74 bits per heavy atom. The van der Waals surface area contributed by atoms with Gasteiger partial charge in [0.2, 0.25) is 5.91 Å². The number of piperidine rings is 1. The molecule has 1 fully saturated rings. The molecule has 2 aliphatic heterocycles. The summed E-state index contributed by atoms with van der Waals surface area (Å²) >= 11 is 0. The first-order valence-corrected chi connectivity index (χ1v) is 9.70. The van der Waals surface area contributed by atoms with E-state index in [4.69, 9.17) is 10.5 Å². The molecule has 1 aromatic carbocycles. The van der Waals surface area contributed by atoms with Crippen LogP contribution >= 0.6 is 24.8 Å². The zero-order valence-electron chi connectivity index (χ0n) is 16.0. The number of hydrogen-bond donors (Lipinski definition) is 1. The lowest BCUT2D eigenvalue weighted by atomic mass is 9.95. The maximum Gasteiger partial charge on any atom is 0.236 e. The Bertz CT molecular complexity index is 574. The largest absolute Gasteiger partial charge is 0.494 e. The molecule has 1 amide bonds. The molecular formula is C20H33Cl2N3O2. The molecule has 154 valence electrons. The van der Waals surface area contributed by atoms with Gasteiger partial charge in [0.15, 0.2) is 0 Å². The van der Waals surface area contributed by atoms with E-state index in [0.717, 1.165) is 38.2 Å². The van der Waals surface area contributed by atoms with Crippen LogP contribution < -0.4 is 10.5 Å². The highest BCUT2D eigenvalue weighted by molar-refractivity contribution is 5.85. The van der Waals surface area contributed by atoms with Crippen molar-refractivity contribution in [3.63, 3.8) is 0 Å². The molecule has 0 aromatic heterocycles. The van der Waals surface area contributed by atoms with Crippen LogP contribution in [-0.4, -0.2) is 61.1 Å². The Kier molecular flexibility index (Phi) is 11.1. The Morgan fingerprint density at radius 2 is 1.93 bits per heavy atom. The predicted octanol–water partition coefficient (Wildman–Crippen LogP) is 2.89. The topological polar surface area (TPSA) is 58.8 Å². The molecule has 7 heteroatoms. The number of nitrogens with zero attached hydrogens (tertiary/aromatic N) is 2. The minimum Gasteiger partial charge on any atom is -0.494 e. The van der Waals surface area contributed by atoms with Crippen LogP contribution in [-0.2, 0) is 11.2 Å². The lowest BCUT2D eigenvalue weighted by Crippen LogP contribution is -2.46. The fourth-order valence-corrected chi connectivity index (χ4v) is 3.99. The minimum atomic E-state index is 0. The fourth-order valence-electron chi connectivity index (χ4n) is 3.99. The molecule has 1 unspecified atom stereocenters. The number of benzene rings is 1. The van der Waals surface area contributed by atoms with E-state index < -0.39 is 0 Å². The summed E-state index contributed by atoms with van der Waals surface area (Å²) in [6.07, 6.45) is 6.94. The summed E-state index contributed by atoms with van der Waals surface area (Å²) in [6, 6.07) is 9.09. The number of ether oxygens (including phenoxy) is 1. The highest BCUT2D eigenvalue weighted by atomic mass is 35.5. The van der Waals surface area contributed by atoms with Gasteiger partial charge in [-0.3, -0.25) is 9.69 Å². The van der Waals surface area contributed by atoms with E-state index in [1.54, 1.807) is 0 Å². The van der Waals surface area contributed by atoms with E-state index in [1.807, 2.05) is 11.0 Å². The van der Waals surface area contributed by atoms with Gasteiger partial charge in [-0.2, -0.15) is 0 Å². The lowest BCUT2D eigenvalue weighted by molar-refractivity contribution is -0.130. The van der Waals surface area contributed by atoms with E-state index in [0.29, 0.717) is 19.2 Å². The molecular weight excluding hydrogens is 385 g/mol. The number of nitrogens with two attached hydrogens (primary N) is 1. The smallest absolute Gasteiger partial charge is 0.236 e. The molecule has 0 spiro atoms. The summed E-state index contributed by atoms with van der Waals surface area (Å²) in [4.78, 5) is 16.7. The first-order chi connectivity index (χ1) is 12.3. The number of carbonyl (C=O) groups excluding carboxylic acids is 1. The number of fused-ring (bicyclic) bond motifs is 3. The normalized spacial score (nSPS) is 21.5. The Morgan fingerprint density at radius 1 is 1.07 bits per heavy atom. The third-order valence-electron chi connectivity index (χ3n) is 5.44. The zero-order chi connectivity index (χ0) is 17.5. The molecule has 0 aliphatic carbocycles. The first kappa shape index (κ1) is 24.0. The van der Waals surface area contributed by atoms with Crippen LogP contribution in [0, 0.1) is 0 Å². The fraction of sp³-hybridized carbons (Fsp3) is 0.650. The summed E-state index contributed by atoms with van der Waals surface area (Å²) in [6.45, 7) is 4.32. The molecule has 2 N–H and O–H groups in total. The van der Waals surface area contributed by atoms with Crippen LogP contribution in [0.4, 0.5) is 0 Å². The zero-order valence-corrected chi connectivity index (χ0v) is 17.6. The number of hydrogen-bond acceptors (Lipinski definition) is 4. The second kappa shape index (κ2) is 12.4. The van der Waals surface area contributed by atoms with Crippen molar-refractivity contribution in [2.45, 2.75) is 44.6 Å². The van der Waals surface area contributed by atoms with E-state index in [-0.39, 0.29) is 37.3 Å². The van der Waals surface area contributed by atoms with Gasteiger partial charge in [-0.15, -0.1) is 24.8 Å². The SMILES string of the molecule is Cl.Cl.NCC(=O)N1CCCOc2cccc(c2)CCC2CCCCN2CC1. The molecule has 2 aliphatic rings. The van der Waals surface area contributed by atoms with Gasteiger partial charge in [0, 0.05) is 25.7 Å². The quantitative estimate of drug-likeness (QED) is 0.762. The molecule has 2 bridgehead atoms. The maximum absolute atomic E-state index is 12.2. The third-order valence-corrected chi connectivity index (χ3v) is 5.44. The monoisotopic (exact) mass is 417 g/mol.